The standard InChI is InChI=1S/C21H24F2N6O3/c1-31-19-24-18(25-20(26-19)32-2)27-7-4-21(5-8-27)12-28-6-3-16(29(28)17(21)30)13-9-14(22)11-15(23)10-13/h9-11,16H,3-8,12H2,1-2H3/t16-/m0/s1. The van der Waals surface area contributed by atoms with Crippen LogP contribution in [0.5, 0.6) is 12.0 Å². The first-order valence-corrected chi connectivity index (χ1v) is 10.6. The van der Waals surface area contributed by atoms with E-state index in [1.807, 2.05) is 9.91 Å². The lowest BCUT2D eigenvalue weighted by molar-refractivity contribution is -0.143. The number of amides is 1. The lowest BCUT2D eigenvalue weighted by Crippen LogP contribution is -2.46. The van der Waals surface area contributed by atoms with Crippen molar-refractivity contribution in [3.05, 3.63) is 35.4 Å². The molecule has 3 aliphatic rings. The molecule has 1 aromatic carbocycles. The molecule has 0 bridgehead atoms. The smallest absolute Gasteiger partial charge is 0.324 e. The van der Waals surface area contributed by atoms with Gasteiger partial charge in [0, 0.05) is 32.2 Å². The number of anilines is 1. The molecular weight excluding hydrogens is 422 g/mol. The number of nitrogens with zero attached hydrogens (tertiary/aromatic N) is 6. The second-order valence-corrected chi connectivity index (χ2v) is 8.42. The summed E-state index contributed by atoms with van der Waals surface area (Å²) in [5, 5.41) is 3.75. The Morgan fingerprint density at radius 2 is 1.59 bits per heavy atom. The van der Waals surface area contributed by atoms with Crippen LogP contribution in [0.25, 0.3) is 0 Å². The van der Waals surface area contributed by atoms with Crippen molar-refractivity contribution in [1.29, 1.82) is 0 Å². The first kappa shape index (κ1) is 20.8. The van der Waals surface area contributed by atoms with Crippen LogP contribution in [0.4, 0.5) is 14.7 Å². The van der Waals surface area contributed by atoms with Gasteiger partial charge in [0.1, 0.15) is 11.6 Å². The number of piperidine rings is 1. The third kappa shape index (κ3) is 3.40. The van der Waals surface area contributed by atoms with E-state index in [-0.39, 0.29) is 24.0 Å². The van der Waals surface area contributed by atoms with Crippen molar-refractivity contribution in [2.24, 2.45) is 5.41 Å². The lowest BCUT2D eigenvalue weighted by atomic mass is 9.78. The van der Waals surface area contributed by atoms with E-state index < -0.39 is 17.0 Å². The summed E-state index contributed by atoms with van der Waals surface area (Å²) < 4.78 is 37.8. The zero-order chi connectivity index (χ0) is 22.5. The Balaban J connectivity index is 1.34. The number of hydrogen-bond acceptors (Lipinski definition) is 8. The van der Waals surface area contributed by atoms with E-state index in [2.05, 4.69) is 15.0 Å². The molecule has 9 nitrogen and oxygen atoms in total. The van der Waals surface area contributed by atoms with Crippen molar-refractivity contribution in [2.45, 2.75) is 25.3 Å². The van der Waals surface area contributed by atoms with Crippen LogP contribution in [0, 0.1) is 17.0 Å². The van der Waals surface area contributed by atoms with Gasteiger partial charge >= 0.3 is 12.0 Å². The number of methoxy groups -OCH3 is 2. The Labute approximate surface area is 183 Å². The van der Waals surface area contributed by atoms with Gasteiger partial charge in [-0.25, -0.2) is 13.8 Å². The highest BCUT2D eigenvalue weighted by Crippen LogP contribution is 2.47. The van der Waals surface area contributed by atoms with Gasteiger partial charge in [-0.3, -0.25) is 9.80 Å². The number of fused-ring (bicyclic) bond motifs is 1. The third-order valence-electron chi connectivity index (χ3n) is 6.63. The van der Waals surface area contributed by atoms with E-state index in [0.717, 1.165) is 6.07 Å². The minimum Gasteiger partial charge on any atom is -0.467 e. The number of carbonyl (C=O) groups excluding carboxylic acids is 1. The first-order chi connectivity index (χ1) is 15.4. The summed E-state index contributed by atoms with van der Waals surface area (Å²) in [7, 11) is 2.95. The number of hydrogen-bond donors (Lipinski definition) is 0. The first-order valence-electron chi connectivity index (χ1n) is 10.6. The molecule has 3 aliphatic heterocycles. The van der Waals surface area contributed by atoms with Gasteiger partial charge in [0.2, 0.25) is 11.9 Å². The van der Waals surface area contributed by atoms with Crippen molar-refractivity contribution in [3.8, 4) is 12.0 Å². The van der Waals surface area contributed by atoms with Gasteiger partial charge in [-0.15, -0.1) is 4.98 Å². The molecule has 1 atom stereocenters. The van der Waals surface area contributed by atoms with Crippen molar-refractivity contribution in [3.63, 3.8) is 0 Å². The fraction of sp³-hybridized carbons (Fsp3) is 0.524. The summed E-state index contributed by atoms with van der Waals surface area (Å²) in [6.07, 6.45) is 1.90. The van der Waals surface area contributed by atoms with Crippen LogP contribution in [-0.4, -0.2) is 71.3 Å². The lowest BCUT2D eigenvalue weighted by Gasteiger charge is -2.37. The monoisotopic (exact) mass is 446 g/mol. The molecule has 1 amide bonds. The Morgan fingerprint density at radius 1 is 0.969 bits per heavy atom. The highest BCUT2D eigenvalue weighted by Gasteiger charge is 2.56. The zero-order valence-corrected chi connectivity index (χ0v) is 17.9. The van der Waals surface area contributed by atoms with Crippen LogP contribution in [0.3, 0.4) is 0 Å². The summed E-state index contributed by atoms with van der Waals surface area (Å²) >= 11 is 0. The van der Waals surface area contributed by atoms with E-state index in [1.54, 1.807) is 5.01 Å². The Kier molecular flexibility index (Phi) is 5.07. The molecule has 3 saturated heterocycles. The molecule has 32 heavy (non-hydrogen) atoms. The molecule has 4 heterocycles. The predicted molar refractivity (Wildman–Crippen MR) is 109 cm³/mol. The fourth-order valence-corrected chi connectivity index (χ4v) is 5.02. The normalized spacial score (nSPS) is 22.5. The molecular formula is C21H24F2N6O3. The largest absolute Gasteiger partial charge is 0.467 e. The van der Waals surface area contributed by atoms with E-state index in [0.29, 0.717) is 57.0 Å². The van der Waals surface area contributed by atoms with Gasteiger partial charge in [-0.1, -0.05) is 0 Å². The zero-order valence-electron chi connectivity index (χ0n) is 17.9. The molecule has 170 valence electrons. The molecule has 2 aromatic rings. The van der Waals surface area contributed by atoms with Gasteiger partial charge < -0.3 is 14.4 Å². The maximum absolute atomic E-state index is 13.8. The van der Waals surface area contributed by atoms with E-state index in [1.165, 1.54) is 26.4 Å². The molecule has 0 saturated carbocycles. The second kappa shape index (κ2) is 7.80. The summed E-state index contributed by atoms with van der Waals surface area (Å²) in [5.41, 5.74) is -0.0281. The molecule has 1 spiro atoms. The van der Waals surface area contributed by atoms with E-state index in [9.17, 15) is 13.6 Å². The summed E-state index contributed by atoms with van der Waals surface area (Å²) in [5.74, 6) is -0.786. The molecule has 0 unspecified atom stereocenters. The van der Waals surface area contributed by atoms with Gasteiger partial charge in [0.05, 0.1) is 25.7 Å². The number of halogens is 2. The van der Waals surface area contributed by atoms with Crippen LogP contribution in [0.2, 0.25) is 0 Å². The van der Waals surface area contributed by atoms with Crippen LogP contribution in [-0.2, 0) is 4.79 Å². The fourth-order valence-electron chi connectivity index (χ4n) is 5.02. The second-order valence-electron chi connectivity index (χ2n) is 8.42. The summed E-state index contributed by atoms with van der Waals surface area (Å²) in [6.45, 7) is 2.46. The van der Waals surface area contributed by atoms with Crippen molar-refractivity contribution in [2.75, 3.05) is 45.3 Å². The summed E-state index contributed by atoms with van der Waals surface area (Å²) in [4.78, 5) is 28.2. The highest BCUT2D eigenvalue weighted by atomic mass is 19.1. The van der Waals surface area contributed by atoms with Crippen LogP contribution >= 0.6 is 0 Å². The molecule has 1 aromatic heterocycles. The minimum absolute atomic E-state index is 0.0233. The maximum atomic E-state index is 13.8. The number of carbonyl (C=O) groups is 1. The topological polar surface area (TPSA) is 83.9 Å². The average molecular weight is 446 g/mol. The van der Waals surface area contributed by atoms with Crippen LogP contribution in [0.1, 0.15) is 30.9 Å². The average Bonchev–Trinajstić information content (AvgIpc) is 3.31. The highest BCUT2D eigenvalue weighted by molar-refractivity contribution is 5.85. The SMILES string of the molecule is COc1nc(OC)nc(N2CCC3(CC2)CN2CC[C@@H](c4cc(F)cc(F)c4)N2C3=O)n1. The molecule has 3 fully saturated rings. The Bertz CT molecular complexity index is 1000. The number of ether oxygens (including phenoxy) is 2. The molecule has 0 radical (unpaired) electrons. The number of benzene rings is 1. The predicted octanol–water partition coefficient (Wildman–Crippen LogP) is 1.96. The minimum atomic E-state index is -0.628. The Morgan fingerprint density at radius 3 is 2.19 bits per heavy atom. The van der Waals surface area contributed by atoms with Crippen LogP contribution < -0.4 is 14.4 Å². The molecule has 0 N–H and O–H groups in total. The number of hydrazine groups is 1. The van der Waals surface area contributed by atoms with Gasteiger partial charge in [0.25, 0.3) is 0 Å². The third-order valence-corrected chi connectivity index (χ3v) is 6.63. The quantitative estimate of drug-likeness (QED) is 0.705. The van der Waals surface area contributed by atoms with E-state index in [4.69, 9.17) is 9.47 Å². The van der Waals surface area contributed by atoms with Crippen LogP contribution in [0.15, 0.2) is 18.2 Å². The van der Waals surface area contributed by atoms with Crippen molar-refractivity contribution >= 4 is 11.9 Å². The molecule has 11 heteroatoms. The summed E-state index contributed by atoms with van der Waals surface area (Å²) in [6, 6.07) is 3.48. The Hall–Kier alpha value is -3.08. The van der Waals surface area contributed by atoms with E-state index >= 15 is 0 Å². The number of aromatic nitrogens is 3. The molecule has 5 rings (SSSR count). The van der Waals surface area contributed by atoms with Crippen molar-refractivity contribution in [1.82, 2.24) is 25.0 Å². The van der Waals surface area contributed by atoms with Crippen molar-refractivity contribution < 1.29 is 23.0 Å². The van der Waals surface area contributed by atoms with Gasteiger partial charge in [-0.2, -0.15) is 9.97 Å². The molecule has 0 aliphatic carbocycles. The van der Waals surface area contributed by atoms with Gasteiger partial charge in [0.15, 0.2) is 0 Å². The van der Waals surface area contributed by atoms with Gasteiger partial charge in [-0.05, 0) is 37.0 Å². The number of rotatable bonds is 4. The maximum Gasteiger partial charge on any atom is 0.324 e.